The van der Waals surface area contributed by atoms with Gasteiger partial charge in [0.1, 0.15) is 16.5 Å². The SMILES string of the molecule is CCCc1cc2c(C(F)(F)F)noc2c(CCC)c1OC(CC)(C(=O)O)c1csc(-c2ccccc2)n1. The van der Waals surface area contributed by atoms with Crippen LogP contribution in [0.25, 0.3) is 21.5 Å². The van der Waals surface area contributed by atoms with Crippen molar-refractivity contribution in [1.29, 1.82) is 0 Å². The van der Waals surface area contributed by atoms with E-state index in [0.717, 1.165) is 5.56 Å². The number of thiazole rings is 1. The highest BCUT2D eigenvalue weighted by molar-refractivity contribution is 7.13. The molecule has 0 aliphatic heterocycles. The minimum Gasteiger partial charge on any atom is -0.478 e. The van der Waals surface area contributed by atoms with Gasteiger partial charge in [0.15, 0.2) is 11.3 Å². The van der Waals surface area contributed by atoms with Crippen LogP contribution in [0.5, 0.6) is 5.75 Å². The van der Waals surface area contributed by atoms with Gasteiger partial charge in [-0.05, 0) is 24.5 Å². The van der Waals surface area contributed by atoms with Crippen LogP contribution in [0.15, 0.2) is 46.3 Å². The van der Waals surface area contributed by atoms with Gasteiger partial charge in [-0.1, -0.05) is 69.1 Å². The molecule has 4 aromatic rings. The van der Waals surface area contributed by atoms with Crippen molar-refractivity contribution in [2.45, 2.75) is 64.7 Å². The van der Waals surface area contributed by atoms with E-state index in [1.54, 1.807) is 12.3 Å². The third kappa shape index (κ3) is 4.94. The molecule has 1 unspecified atom stereocenters. The van der Waals surface area contributed by atoms with E-state index in [2.05, 4.69) is 10.1 Å². The lowest BCUT2D eigenvalue weighted by atomic mass is 9.94. The van der Waals surface area contributed by atoms with Gasteiger partial charge in [-0.25, -0.2) is 9.78 Å². The Morgan fingerprint density at radius 3 is 2.41 bits per heavy atom. The molecule has 0 saturated carbocycles. The molecule has 0 bridgehead atoms. The smallest absolute Gasteiger partial charge is 0.437 e. The van der Waals surface area contributed by atoms with Crippen LogP contribution in [0, 0.1) is 0 Å². The minimum absolute atomic E-state index is 0.0392. The van der Waals surface area contributed by atoms with Gasteiger partial charge in [-0.15, -0.1) is 11.3 Å². The van der Waals surface area contributed by atoms with Crippen LogP contribution in [-0.4, -0.2) is 21.2 Å². The molecule has 1 atom stereocenters. The molecule has 0 radical (unpaired) electrons. The normalized spacial score (nSPS) is 13.6. The Hall–Kier alpha value is -3.40. The molecule has 6 nitrogen and oxygen atoms in total. The molecule has 10 heteroatoms. The molecule has 0 aliphatic carbocycles. The molecular weight excluding hydrogens is 505 g/mol. The number of carbonyl (C=O) groups is 1. The predicted octanol–water partition coefficient (Wildman–Crippen LogP) is 7.64. The summed E-state index contributed by atoms with van der Waals surface area (Å²) in [7, 11) is 0. The number of aromatic nitrogens is 2. The molecule has 196 valence electrons. The topological polar surface area (TPSA) is 85.5 Å². The Labute approximate surface area is 216 Å². The number of carboxylic acid groups (broad SMARTS) is 1. The van der Waals surface area contributed by atoms with E-state index in [0.29, 0.717) is 41.8 Å². The highest BCUT2D eigenvalue weighted by Crippen LogP contribution is 2.44. The van der Waals surface area contributed by atoms with Gasteiger partial charge in [0.2, 0.25) is 5.60 Å². The summed E-state index contributed by atoms with van der Waals surface area (Å²) >= 11 is 1.30. The first-order valence-corrected chi connectivity index (χ1v) is 13.0. The van der Waals surface area contributed by atoms with Crippen LogP contribution >= 0.6 is 11.3 Å². The highest BCUT2D eigenvalue weighted by Gasteiger charge is 2.45. The van der Waals surface area contributed by atoms with E-state index in [9.17, 15) is 23.1 Å². The molecule has 4 rings (SSSR count). The van der Waals surface area contributed by atoms with Gasteiger partial charge in [0.05, 0.1) is 5.39 Å². The quantitative estimate of drug-likeness (QED) is 0.226. The molecule has 0 aliphatic rings. The summed E-state index contributed by atoms with van der Waals surface area (Å²) in [5.74, 6) is -1.02. The number of carboxylic acids is 1. The van der Waals surface area contributed by atoms with E-state index >= 15 is 0 Å². The zero-order valence-corrected chi connectivity index (χ0v) is 21.5. The fourth-order valence-electron chi connectivity index (χ4n) is 4.41. The van der Waals surface area contributed by atoms with Crippen molar-refractivity contribution in [3.05, 3.63) is 64.3 Å². The molecule has 37 heavy (non-hydrogen) atoms. The number of ether oxygens (including phenoxy) is 1. The second kappa shape index (κ2) is 10.5. The zero-order chi connectivity index (χ0) is 26.8. The second-order valence-electron chi connectivity index (χ2n) is 8.74. The van der Waals surface area contributed by atoms with Crippen molar-refractivity contribution < 1.29 is 32.3 Å². The fraction of sp³-hybridized carbons (Fsp3) is 0.370. The molecule has 0 spiro atoms. The standard InChI is InChI=1S/C27H27F3N2O4S/c1-4-10-17-14-19-22(36-32-23(19)27(28,29)30)18(11-5-2)21(17)35-26(6-3,25(33)34)20-15-37-24(31-20)16-12-8-7-9-13-16/h7-9,12-15H,4-6,10-11H2,1-3H3,(H,33,34). The molecule has 1 N–H and O–H groups in total. The van der Waals surface area contributed by atoms with Crippen LogP contribution in [0.3, 0.4) is 0 Å². The number of nitrogens with zero attached hydrogens (tertiary/aromatic N) is 2. The van der Waals surface area contributed by atoms with Crippen LogP contribution in [-0.2, 0) is 29.4 Å². The van der Waals surface area contributed by atoms with Crippen LogP contribution in [0.4, 0.5) is 13.2 Å². The van der Waals surface area contributed by atoms with E-state index in [4.69, 9.17) is 9.26 Å². The number of aliphatic carboxylic acids is 1. The van der Waals surface area contributed by atoms with Crippen molar-refractivity contribution in [3.8, 4) is 16.3 Å². The Morgan fingerprint density at radius 1 is 1.11 bits per heavy atom. The predicted molar refractivity (Wildman–Crippen MR) is 135 cm³/mol. The van der Waals surface area contributed by atoms with Gasteiger partial charge in [-0.3, -0.25) is 0 Å². The molecular formula is C27H27F3N2O4S. The number of halogens is 3. The molecule has 2 aromatic carbocycles. The summed E-state index contributed by atoms with van der Waals surface area (Å²) < 4.78 is 52.5. The maximum absolute atomic E-state index is 13.6. The maximum Gasteiger partial charge on any atom is 0.437 e. The first kappa shape index (κ1) is 26.7. The Balaban J connectivity index is 1.92. The van der Waals surface area contributed by atoms with Crippen molar-refractivity contribution >= 4 is 28.3 Å². The molecule has 0 saturated heterocycles. The molecule has 0 amide bonds. The summed E-state index contributed by atoms with van der Waals surface area (Å²) in [5.41, 5.74) is -1.07. The van der Waals surface area contributed by atoms with Gasteiger partial charge < -0.3 is 14.4 Å². The molecule has 0 fully saturated rings. The molecule has 2 heterocycles. The number of rotatable bonds is 10. The van der Waals surface area contributed by atoms with E-state index < -0.39 is 23.4 Å². The minimum atomic E-state index is -4.69. The Kier molecular flexibility index (Phi) is 7.59. The fourth-order valence-corrected chi connectivity index (χ4v) is 5.30. The van der Waals surface area contributed by atoms with E-state index in [-0.39, 0.29) is 28.8 Å². The van der Waals surface area contributed by atoms with Crippen LogP contribution in [0.1, 0.15) is 62.5 Å². The largest absolute Gasteiger partial charge is 0.478 e. The summed E-state index contributed by atoms with van der Waals surface area (Å²) in [4.78, 5) is 17.4. The van der Waals surface area contributed by atoms with Crippen molar-refractivity contribution in [3.63, 3.8) is 0 Å². The number of hydrogen-bond donors (Lipinski definition) is 1. The van der Waals surface area contributed by atoms with Gasteiger partial charge in [0, 0.05) is 22.9 Å². The third-order valence-electron chi connectivity index (χ3n) is 6.23. The van der Waals surface area contributed by atoms with Crippen molar-refractivity contribution in [1.82, 2.24) is 10.1 Å². The van der Waals surface area contributed by atoms with Crippen LogP contribution < -0.4 is 4.74 Å². The monoisotopic (exact) mass is 532 g/mol. The Bertz CT molecular complexity index is 1400. The molecule has 2 aromatic heterocycles. The van der Waals surface area contributed by atoms with E-state index in [1.165, 1.54) is 17.4 Å². The van der Waals surface area contributed by atoms with Gasteiger partial charge in [-0.2, -0.15) is 13.2 Å². The average molecular weight is 533 g/mol. The number of fused-ring (bicyclic) bond motifs is 1. The number of hydrogen-bond acceptors (Lipinski definition) is 6. The van der Waals surface area contributed by atoms with Gasteiger partial charge >= 0.3 is 12.1 Å². The second-order valence-corrected chi connectivity index (χ2v) is 9.60. The average Bonchev–Trinajstić information content (AvgIpc) is 3.52. The third-order valence-corrected chi connectivity index (χ3v) is 7.12. The maximum atomic E-state index is 13.6. The lowest BCUT2D eigenvalue weighted by molar-refractivity contribution is -0.157. The van der Waals surface area contributed by atoms with Crippen molar-refractivity contribution in [2.75, 3.05) is 0 Å². The number of alkyl halides is 3. The summed E-state index contributed by atoms with van der Waals surface area (Å²) in [5, 5.41) is 15.9. The summed E-state index contributed by atoms with van der Waals surface area (Å²) in [6.07, 6.45) is -2.76. The summed E-state index contributed by atoms with van der Waals surface area (Å²) in [6.45, 7) is 5.45. The Morgan fingerprint density at radius 2 is 1.81 bits per heavy atom. The first-order valence-electron chi connectivity index (χ1n) is 12.1. The zero-order valence-electron chi connectivity index (χ0n) is 20.7. The van der Waals surface area contributed by atoms with E-state index in [1.807, 2.05) is 44.2 Å². The van der Waals surface area contributed by atoms with Crippen molar-refractivity contribution in [2.24, 2.45) is 0 Å². The summed E-state index contributed by atoms with van der Waals surface area (Å²) in [6, 6.07) is 10.7. The number of benzene rings is 2. The first-order chi connectivity index (χ1) is 17.7. The van der Waals surface area contributed by atoms with Crippen LogP contribution in [0.2, 0.25) is 0 Å². The lowest BCUT2D eigenvalue weighted by Gasteiger charge is -2.30. The number of aryl methyl sites for hydroxylation is 2. The lowest BCUT2D eigenvalue weighted by Crippen LogP contribution is -2.42. The van der Waals surface area contributed by atoms with Gasteiger partial charge in [0.25, 0.3) is 0 Å². The highest BCUT2D eigenvalue weighted by atomic mass is 32.1.